The molecule has 2 aromatic rings. The number of hydrogen-bond donors (Lipinski definition) is 1. The van der Waals surface area contributed by atoms with Crippen molar-refractivity contribution in [2.24, 2.45) is 0 Å². The van der Waals surface area contributed by atoms with Crippen LogP contribution in [0.25, 0.3) is 5.69 Å². The molecular formula is C18H21N3O4. The second kappa shape index (κ2) is 6.68. The first-order valence-electron chi connectivity index (χ1n) is 8.11. The summed E-state index contributed by atoms with van der Waals surface area (Å²) in [6.07, 6.45) is 0.0561. The molecule has 1 amide bonds. The van der Waals surface area contributed by atoms with Gasteiger partial charge in [0.1, 0.15) is 6.04 Å². The average molecular weight is 343 g/mol. The molecule has 2 heterocycles. The summed E-state index contributed by atoms with van der Waals surface area (Å²) in [6, 6.07) is 8.15. The van der Waals surface area contributed by atoms with Crippen molar-refractivity contribution >= 4 is 11.9 Å². The number of aromatic nitrogens is 2. The Hall–Kier alpha value is -2.67. The van der Waals surface area contributed by atoms with Crippen LogP contribution in [0.2, 0.25) is 0 Å². The number of benzene rings is 1. The third kappa shape index (κ3) is 3.28. The molecule has 1 aromatic heterocycles. The fourth-order valence-corrected chi connectivity index (χ4v) is 3.23. The zero-order chi connectivity index (χ0) is 18.1. The fourth-order valence-electron chi connectivity index (χ4n) is 3.23. The van der Waals surface area contributed by atoms with Gasteiger partial charge in [0.25, 0.3) is 5.91 Å². The van der Waals surface area contributed by atoms with Crippen LogP contribution in [0.5, 0.6) is 0 Å². The van der Waals surface area contributed by atoms with Crippen LogP contribution in [-0.4, -0.2) is 57.5 Å². The second-order valence-electron chi connectivity index (χ2n) is 6.29. The SMILES string of the molecule is COC1CC(C(=O)O)N(C(=O)c2ccc(-n3nc(C)cc3C)cc2)C1. The van der Waals surface area contributed by atoms with Gasteiger partial charge in [-0.15, -0.1) is 0 Å². The van der Waals surface area contributed by atoms with Crippen molar-refractivity contribution in [1.82, 2.24) is 14.7 Å². The third-order valence-electron chi connectivity index (χ3n) is 4.51. The Morgan fingerprint density at radius 1 is 1.24 bits per heavy atom. The number of carbonyl (C=O) groups excluding carboxylic acids is 1. The molecule has 132 valence electrons. The Balaban J connectivity index is 1.83. The summed E-state index contributed by atoms with van der Waals surface area (Å²) >= 11 is 0. The highest BCUT2D eigenvalue weighted by atomic mass is 16.5. The van der Waals surface area contributed by atoms with Crippen molar-refractivity contribution in [1.29, 1.82) is 0 Å². The molecule has 7 nitrogen and oxygen atoms in total. The number of hydrogen-bond acceptors (Lipinski definition) is 4. The van der Waals surface area contributed by atoms with Crippen LogP contribution in [-0.2, 0) is 9.53 Å². The molecule has 2 atom stereocenters. The standard InChI is InChI=1S/C18H21N3O4/c1-11-8-12(2)21(19-11)14-6-4-13(5-7-14)17(22)20-10-15(25-3)9-16(20)18(23)24/h4-8,15-16H,9-10H2,1-3H3,(H,23,24). The molecule has 25 heavy (non-hydrogen) atoms. The zero-order valence-electron chi connectivity index (χ0n) is 14.5. The molecule has 0 aliphatic carbocycles. The molecule has 7 heteroatoms. The van der Waals surface area contributed by atoms with Crippen LogP contribution in [0.3, 0.4) is 0 Å². The summed E-state index contributed by atoms with van der Waals surface area (Å²) < 4.78 is 7.04. The number of amides is 1. The highest BCUT2D eigenvalue weighted by Gasteiger charge is 2.40. The van der Waals surface area contributed by atoms with E-state index in [4.69, 9.17) is 4.74 Å². The maximum absolute atomic E-state index is 12.7. The largest absolute Gasteiger partial charge is 0.480 e. The van der Waals surface area contributed by atoms with E-state index in [1.165, 1.54) is 12.0 Å². The highest BCUT2D eigenvalue weighted by molar-refractivity contribution is 5.97. The van der Waals surface area contributed by atoms with Gasteiger partial charge in [0.05, 0.1) is 17.5 Å². The first-order valence-corrected chi connectivity index (χ1v) is 8.11. The monoisotopic (exact) mass is 343 g/mol. The third-order valence-corrected chi connectivity index (χ3v) is 4.51. The molecule has 1 aromatic carbocycles. The van der Waals surface area contributed by atoms with Crippen molar-refractivity contribution in [3.05, 3.63) is 47.3 Å². The molecule has 2 unspecified atom stereocenters. The molecule has 0 spiro atoms. The molecule has 3 rings (SSSR count). The number of carboxylic acids is 1. The molecular weight excluding hydrogens is 322 g/mol. The molecule has 1 N–H and O–H groups in total. The maximum atomic E-state index is 12.7. The first-order chi connectivity index (χ1) is 11.9. The van der Waals surface area contributed by atoms with Crippen LogP contribution in [0, 0.1) is 13.8 Å². The number of rotatable bonds is 4. The minimum absolute atomic E-state index is 0.251. The van der Waals surface area contributed by atoms with E-state index in [1.54, 1.807) is 16.8 Å². The van der Waals surface area contributed by atoms with Gasteiger partial charge in [-0.2, -0.15) is 5.10 Å². The number of carboxylic acid groups (broad SMARTS) is 1. The maximum Gasteiger partial charge on any atom is 0.326 e. The number of carbonyl (C=O) groups is 2. The van der Waals surface area contributed by atoms with E-state index in [-0.39, 0.29) is 18.6 Å². The van der Waals surface area contributed by atoms with E-state index in [0.29, 0.717) is 12.0 Å². The lowest BCUT2D eigenvalue weighted by molar-refractivity contribution is -0.141. The molecule has 0 bridgehead atoms. The van der Waals surface area contributed by atoms with Gasteiger partial charge >= 0.3 is 5.97 Å². The normalized spacial score (nSPS) is 20.0. The number of aryl methyl sites for hydroxylation is 2. The van der Waals surface area contributed by atoms with Crippen molar-refractivity contribution in [2.75, 3.05) is 13.7 Å². The fraction of sp³-hybridized carbons (Fsp3) is 0.389. The van der Waals surface area contributed by atoms with Crippen molar-refractivity contribution in [2.45, 2.75) is 32.4 Å². The summed E-state index contributed by atoms with van der Waals surface area (Å²) in [4.78, 5) is 25.5. The van der Waals surface area contributed by atoms with E-state index in [0.717, 1.165) is 17.1 Å². The molecule has 1 aliphatic heterocycles. The summed E-state index contributed by atoms with van der Waals surface area (Å²) in [6.45, 7) is 4.17. The van der Waals surface area contributed by atoms with Gasteiger partial charge in [0.2, 0.25) is 0 Å². The highest BCUT2D eigenvalue weighted by Crippen LogP contribution is 2.23. The van der Waals surface area contributed by atoms with E-state index in [9.17, 15) is 14.7 Å². The van der Waals surface area contributed by atoms with Gasteiger partial charge in [0, 0.05) is 31.3 Å². The van der Waals surface area contributed by atoms with Crippen molar-refractivity contribution in [3.63, 3.8) is 0 Å². The lowest BCUT2D eigenvalue weighted by atomic mass is 10.1. The van der Waals surface area contributed by atoms with Crippen molar-refractivity contribution < 1.29 is 19.4 Å². The van der Waals surface area contributed by atoms with E-state index < -0.39 is 12.0 Å². The lowest BCUT2D eigenvalue weighted by Crippen LogP contribution is -2.40. The van der Waals surface area contributed by atoms with Crippen molar-refractivity contribution in [3.8, 4) is 5.69 Å². The Labute approximate surface area is 145 Å². The summed E-state index contributed by atoms with van der Waals surface area (Å²) in [5.74, 6) is -1.31. The summed E-state index contributed by atoms with van der Waals surface area (Å²) in [5.41, 5.74) is 3.23. The second-order valence-corrected chi connectivity index (χ2v) is 6.29. The van der Waals surface area contributed by atoms with Gasteiger partial charge in [-0.25, -0.2) is 9.48 Å². The average Bonchev–Trinajstić information content (AvgIpc) is 3.17. The topological polar surface area (TPSA) is 84.7 Å². The number of ether oxygens (including phenoxy) is 1. The summed E-state index contributed by atoms with van der Waals surface area (Å²) in [5, 5.41) is 13.8. The number of nitrogens with zero attached hydrogens (tertiary/aromatic N) is 3. The number of aliphatic carboxylic acids is 1. The molecule has 0 saturated carbocycles. The van der Waals surface area contributed by atoms with Crippen LogP contribution < -0.4 is 0 Å². The Kier molecular flexibility index (Phi) is 4.59. The number of methoxy groups -OCH3 is 1. The quantitative estimate of drug-likeness (QED) is 0.915. The minimum atomic E-state index is -1.01. The van der Waals surface area contributed by atoms with E-state index in [1.807, 2.05) is 32.0 Å². The van der Waals surface area contributed by atoms with Gasteiger partial charge in [-0.05, 0) is 44.2 Å². The Morgan fingerprint density at radius 2 is 1.92 bits per heavy atom. The smallest absolute Gasteiger partial charge is 0.326 e. The van der Waals surface area contributed by atoms with Crippen LogP contribution in [0.15, 0.2) is 30.3 Å². The predicted octanol–water partition coefficient (Wildman–Crippen LogP) is 1.80. The van der Waals surface area contributed by atoms with E-state index in [2.05, 4.69) is 5.10 Å². The van der Waals surface area contributed by atoms with Gasteiger partial charge in [-0.1, -0.05) is 0 Å². The molecule has 1 saturated heterocycles. The predicted molar refractivity (Wildman–Crippen MR) is 90.9 cm³/mol. The lowest BCUT2D eigenvalue weighted by Gasteiger charge is -2.21. The molecule has 1 aliphatic rings. The summed E-state index contributed by atoms with van der Waals surface area (Å²) in [7, 11) is 1.53. The number of likely N-dealkylation sites (tertiary alicyclic amines) is 1. The van der Waals surface area contributed by atoms with Gasteiger partial charge < -0.3 is 14.7 Å². The Bertz CT molecular complexity index is 797. The van der Waals surface area contributed by atoms with Gasteiger partial charge in [-0.3, -0.25) is 4.79 Å². The van der Waals surface area contributed by atoms with E-state index >= 15 is 0 Å². The minimum Gasteiger partial charge on any atom is -0.480 e. The van der Waals surface area contributed by atoms with Crippen LogP contribution in [0.1, 0.15) is 28.2 Å². The van der Waals surface area contributed by atoms with Gasteiger partial charge in [0.15, 0.2) is 0 Å². The zero-order valence-corrected chi connectivity index (χ0v) is 14.5. The first kappa shape index (κ1) is 17.2. The Morgan fingerprint density at radius 3 is 2.44 bits per heavy atom. The molecule has 0 radical (unpaired) electrons. The molecule has 1 fully saturated rings. The van der Waals surface area contributed by atoms with Crippen LogP contribution in [0.4, 0.5) is 0 Å². The van der Waals surface area contributed by atoms with Crippen LogP contribution >= 0.6 is 0 Å².